The average Bonchev–Trinajstić information content (AvgIpc) is 2.29. The topological polar surface area (TPSA) is 52.0 Å². The second-order valence-electron chi connectivity index (χ2n) is 4.29. The van der Waals surface area contributed by atoms with Gasteiger partial charge in [-0.15, -0.1) is 0 Å². The summed E-state index contributed by atoms with van der Waals surface area (Å²) in [6, 6.07) is 1.13. The van der Waals surface area contributed by atoms with Crippen LogP contribution in [0, 0.1) is 0 Å². The van der Waals surface area contributed by atoms with Gasteiger partial charge in [0.15, 0.2) is 0 Å². The van der Waals surface area contributed by atoms with Crippen molar-refractivity contribution in [3.8, 4) is 0 Å². The van der Waals surface area contributed by atoms with Gasteiger partial charge >= 0.3 is 23.7 Å². The van der Waals surface area contributed by atoms with E-state index in [1.807, 2.05) is 0 Å². The molecule has 0 spiro atoms. The molecular formula is C10H6F8N2. The molecule has 0 saturated carbocycles. The molecule has 2 nitrogen and oxygen atoms in total. The second-order valence-corrected chi connectivity index (χ2v) is 4.29. The first-order chi connectivity index (χ1) is 8.80. The zero-order valence-corrected chi connectivity index (χ0v) is 9.33. The van der Waals surface area contributed by atoms with Gasteiger partial charge in [0.05, 0.1) is 11.1 Å². The predicted octanol–water partition coefficient (Wildman–Crippen LogP) is 3.32. The number of fused-ring (bicyclic) bond motifs is 1. The molecule has 112 valence electrons. The van der Waals surface area contributed by atoms with E-state index in [1.165, 1.54) is 0 Å². The molecule has 0 saturated heterocycles. The van der Waals surface area contributed by atoms with Crippen LogP contribution in [0.5, 0.6) is 0 Å². The molecule has 1 aliphatic carbocycles. The Morgan fingerprint density at radius 2 is 0.850 bits per heavy atom. The third-order valence-electron chi connectivity index (χ3n) is 3.08. The van der Waals surface area contributed by atoms with Crippen LogP contribution in [-0.2, 0) is 11.8 Å². The molecule has 10 heteroatoms. The SMILES string of the molecule is Nc1ccc(N)c2c1C(F)(F)C(F)(F)C(F)(F)C2(F)F. The quantitative estimate of drug-likeness (QED) is 0.570. The Morgan fingerprint density at radius 1 is 0.600 bits per heavy atom. The van der Waals surface area contributed by atoms with Crippen LogP contribution in [0.2, 0.25) is 0 Å². The van der Waals surface area contributed by atoms with E-state index in [9.17, 15) is 35.1 Å². The van der Waals surface area contributed by atoms with Crippen LogP contribution in [-0.4, -0.2) is 11.8 Å². The number of alkyl halides is 8. The molecule has 0 atom stereocenters. The van der Waals surface area contributed by atoms with Gasteiger partial charge in [0.25, 0.3) is 0 Å². The first-order valence-corrected chi connectivity index (χ1v) is 5.00. The van der Waals surface area contributed by atoms with Gasteiger partial charge in [-0.2, -0.15) is 35.1 Å². The number of benzene rings is 1. The molecule has 0 bridgehead atoms. The molecule has 0 aliphatic heterocycles. The van der Waals surface area contributed by atoms with Crippen molar-refractivity contribution in [2.45, 2.75) is 23.7 Å². The molecule has 20 heavy (non-hydrogen) atoms. The Bertz CT molecular complexity index is 530. The number of nitrogens with two attached hydrogens (primary N) is 2. The van der Waals surface area contributed by atoms with E-state index in [4.69, 9.17) is 11.5 Å². The number of hydrogen-bond donors (Lipinski definition) is 2. The summed E-state index contributed by atoms with van der Waals surface area (Å²) in [7, 11) is 0. The lowest BCUT2D eigenvalue weighted by molar-refractivity contribution is -0.386. The molecule has 0 amide bonds. The highest BCUT2D eigenvalue weighted by Crippen LogP contribution is 2.66. The molecule has 1 aromatic carbocycles. The second kappa shape index (κ2) is 3.47. The summed E-state index contributed by atoms with van der Waals surface area (Å²) >= 11 is 0. The molecule has 2 rings (SSSR count). The van der Waals surface area contributed by atoms with Crippen molar-refractivity contribution in [3.05, 3.63) is 23.3 Å². The van der Waals surface area contributed by atoms with Crippen LogP contribution < -0.4 is 11.5 Å². The first kappa shape index (κ1) is 14.7. The number of halogens is 8. The van der Waals surface area contributed by atoms with Crippen LogP contribution in [0.15, 0.2) is 12.1 Å². The Labute approximate surface area is 106 Å². The Morgan fingerprint density at radius 3 is 1.10 bits per heavy atom. The van der Waals surface area contributed by atoms with Crippen molar-refractivity contribution < 1.29 is 35.1 Å². The van der Waals surface area contributed by atoms with Gasteiger partial charge in [-0.1, -0.05) is 0 Å². The Hall–Kier alpha value is -1.74. The maximum Gasteiger partial charge on any atom is 0.383 e. The Balaban J connectivity index is 3.01. The van der Waals surface area contributed by atoms with E-state index in [0.29, 0.717) is 12.1 Å². The van der Waals surface area contributed by atoms with Crippen molar-refractivity contribution in [2.75, 3.05) is 11.5 Å². The van der Waals surface area contributed by atoms with Crippen LogP contribution >= 0.6 is 0 Å². The van der Waals surface area contributed by atoms with Gasteiger partial charge in [-0.25, -0.2) is 0 Å². The van der Waals surface area contributed by atoms with Gasteiger partial charge in [-0.3, -0.25) is 0 Å². The summed E-state index contributed by atoms with van der Waals surface area (Å²) in [5, 5.41) is 0. The van der Waals surface area contributed by atoms with Crippen LogP contribution in [0.1, 0.15) is 11.1 Å². The van der Waals surface area contributed by atoms with Crippen molar-refractivity contribution >= 4 is 11.4 Å². The molecule has 0 aromatic heterocycles. The summed E-state index contributed by atoms with van der Waals surface area (Å²) in [5.41, 5.74) is 3.45. The van der Waals surface area contributed by atoms with Crippen molar-refractivity contribution in [1.82, 2.24) is 0 Å². The van der Waals surface area contributed by atoms with Gasteiger partial charge in [-0.05, 0) is 12.1 Å². The minimum absolute atomic E-state index is 0.567. The standard InChI is InChI=1S/C10H6F8N2/c11-7(12)5-3(19)1-2-4(20)6(5)8(13,14)10(17,18)9(7,15)16/h1-2H,19-20H2. The number of hydrogen-bond acceptors (Lipinski definition) is 2. The van der Waals surface area contributed by atoms with Crippen molar-refractivity contribution in [2.24, 2.45) is 0 Å². The average molecular weight is 306 g/mol. The van der Waals surface area contributed by atoms with E-state index in [1.54, 1.807) is 0 Å². The molecule has 1 aliphatic rings. The highest BCUT2D eigenvalue weighted by Gasteiger charge is 2.85. The minimum atomic E-state index is -6.32. The van der Waals surface area contributed by atoms with E-state index >= 15 is 0 Å². The minimum Gasteiger partial charge on any atom is -0.398 e. The third-order valence-corrected chi connectivity index (χ3v) is 3.08. The number of rotatable bonds is 0. The van der Waals surface area contributed by atoms with Crippen molar-refractivity contribution in [1.29, 1.82) is 0 Å². The molecular weight excluding hydrogens is 300 g/mol. The zero-order valence-electron chi connectivity index (χ0n) is 9.33. The van der Waals surface area contributed by atoms with E-state index in [-0.39, 0.29) is 0 Å². The molecule has 4 N–H and O–H groups in total. The molecule has 0 heterocycles. The maximum atomic E-state index is 13.6. The molecule has 0 unspecified atom stereocenters. The highest BCUT2D eigenvalue weighted by atomic mass is 19.4. The van der Waals surface area contributed by atoms with E-state index in [0.717, 1.165) is 0 Å². The monoisotopic (exact) mass is 306 g/mol. The van der Waals surface area contributed by atoms with Crippen LogP contribution in [0.25, 0.3) is 0 Å². The van der Waals surface area contributed by atoms with Gasteiger partial charge in [0.2, 0.25) is 0 Å². The Kier molecular flexibility index (Phi) is 2.54. The largest absolute Gasteiger partial charge is 0.398 e. The predicted molar refractivity (Wildman–Crippen MR) is 52.9 cm³/mol. The zero-order chi connectivity index (χ0) is 15.7. The maximum absolute atomic E-state index is 13.6. The summed E-state index contributed by atoms with van der Waals surface area (Å²) < 4.78 is 107. The fourth-order valence-corrected chi connectivity index (χ4v) is 2.02. The summed E-state index contributed by atoms with van der Waals surface area (Å²) in [5.74, 6) is -23.8. The lowest BCUT2D eigenvalue weighted by Gasteiger charge is -2.43. The van der Waals surface area contributed by atoms with E-state index in [2.05, 4.69) is 0 Å². The lowest BCUT2D eigenvalue weighted by Crippen LogP contribution is -2.64. The molecule has 1 aromatic rings. The molecule has 0 fully saturated rings. The fraction of sp³-hybridized carbons (Fsp3) is 0.400. The summed E-state index contributed by atoms with van der Waals surface area (Å²) in [6.07, 6.45) is 0. The smallest absolute Gasteiger partial charge is 0.383 e. The summed E-state index contributed by atoms with van der Waals surface area (Å²) in [4.78, 5) is 0. The fourth-order valence-electron chi connectivity index (χ4n) is 2.02. The van der Waals surface area contributed by atoms with Gasteiger partial charge in [0, 0.05) is 11.4 Å². The summed E-state index contributed by atoms with van der Waals surface area (Å²) in [6.45, 7) is 0. The normalized spacial score (nSPS) is 25.0. The molecule has 0 radical (unpaired) electrons. The van der Waals surface area contributed by atoms with E-state index < -0.39 is 46.2 Å². The number of nitrogen functional groups attached to an aromatic ring is 2. The lowest BCUT2D eigenvalue weighted by atomic mass is 9.78. The first-order valence-electron chi connectivity index (χ1n) is 5.00. The highest BCUT2D eigenvalue weighted by molar-refractivity contribution is 5.67. The van der Waals surface area contributed by atoms with Gasteiger partial charge < -0.3 is 11.5 Å². The number of anilines is 2. The van der Waals surface area contributed by atoms with Crippen molar-refractivity contribution in [3.63, 3.8) is 0 Å². The van der Waals surface area contributed by atoms with Crippen LogP contribution in [0.3, 0.4) is 0 Å². The van der Waals surface area contributed by atoms with Gasteiger partial charge in [0.1, 0.15) is 0 Å². The van der Waals surface area contributed by atoms with Crippen LogP contribution in [0.4, 0.5) is 46.5 Å². The third kappa shape index (κ3) is 1.29.